The molecule has 0 saturated carbocycles. The molecule has 1 heterocycles. The van der Waals surface area contributed by atoms with Crippen molar-refractivity contribution in [2.24, 2.45) is 5.92 Å². The molecule has 1 N–H and O–H groups in total. The number of carbonyl (C=O) groups is 2. The fourth-order valence-electron chi connectivity index (χ4n) is 5.20. The lowest BCUT2D eigenvalue weighted by molar-refractivity contribution is -0.138. The maximum atomic E-state index is 13.2. The summed E-state index contributed by atoms with van der Waals surface area (Å²) in [6, 6.07) is 15.1. The first-order valence-corrected chi connectivity index (χ1v) is 13.4. The molecule has 0 radical (unpaired) electrons. The van der Waals surface area contributed by atoms with Crippen LogP contribution in [0.5, 0.6) is 0 Å². The van der Waals surface area contributed by atoms with E-state index in [4.69, 9.17) is 10.2 Å². The highest BCUT2D eigenvalue weighted by molar-refractivity contribution is 5.96. The van der Waals surface area contributed by atoms with Gasteiger partial charge in [-0.1, -0.05) is 50.2 Å². The maximum absolute atomic E-state index is 13.2. The zero-order chi connectivity index (χ0) is 29.2. The molecule has 0 aliphatic carbocycles. The van der Waals surface area contributed by atoms with Gasteiger partial charge in [0, 0.05) is 23.8 Å². The number of ketones is 1. The number of rotatable bonds is 10. The number of carboxylic acids is 1. The van der Waals surface area contributed by atoms with E-state index in [1.54, 1.807) is 25.3 Å². The summed E-state index contributed by atoms with van der Waals surface area (Å²) in [5, 5.41) is 14.5. The Hall–Kier alpha value is -3.94. The molecule has 0 saturated heterocycles. The zero-order valence-corrected chi connectivity index (χ0v) is 23.0. The summed E-state index contributed by atoms with van der Waals surface area (Å²) in [6.45, 7) is 7.92. The molecule has 0 bridgehead atoms. The van der Waals surface area contributed by atoms with E-state index in [0.717, 1.165) is 45.6 Å². The molecule has 4 aromatic rings. The smallest absolute Gasteiger partial charge is 0.416 e. The van der Waals surface area contributed by atoms with Crippen LogP contribution in [0.4, 0.5) is 13.2 Å². The van der Waals surface area contributed by atoms with E-state index in [1.165, 1.54) is 12.1 Å². The summed E-state index contributed by atoms with van der Waals surface area (Å²) in [5.74, 6) is -0.640. The Labute approximate surface area is 231 Å². The summed E-state index contributed by atoms with van der Waals surface area (Å²) in [7, 11) is 0. The molecule has 4 rings (SSSR count). The van der Waals surface area contributed by atoms with Gasteiger partial charge in [0.15, 0.2) is 5.78 Å². The number of carboxylic acid groups (broad SMARTS) is 1. The van der Waals surface area contributed by atoms with Gasteiger partial charge in [0.1, 0.15) is 0 Å². The molecular weight excluding hydrogens is 517 g/mol. The quantitative estimate of drug-likeness (QED) is 0.201. The highest BCUT2D eigenvalue weighted by Crippen LogP contribution is 2.37. The molecule has 0 aliphatic rings. The molecule has 1 unspecified atom stereocenters. The lowest BCUT2D eigenvalue weighted by Crippen LogP contribution is -2.15. The molecule has 0 spiro atoms. The van der Waals surface area contributed by atoms with Crippen molar-refractivity contribution in [3.05, 3.63) is 88.6 Å². The summed E-state index contributed by atoms with van der Waals surface area (Å²) < 4.78 is 41.5. The van der Waals surface area contributed by atoms with Gasteiger partial charge in [-0.25, -0.2) is 0 Å². The number of hydrogen-bond acceptors (Lipinski definition) is 3. The largest absolute Gasteiger partial charge is 0.481 e. The third-order valence-corrected chi connectivity index (χ3v) is 7.30. The normalized spacial score (nSPS) is 12.7. The molecule has 1 aromatic heterocycles. The van der Waals surface area contributed by atoms with Crippen LogP contribution in [-0.4, -0.2) is 26.6 Å². The van der Waals surface area contributed by atoms with Gasteiger partial charge < -0.3 is 5.11 Å². The minimum absolute atomic E-state index is 0.0355. The molecular formula is C32H33F3N2O3. The monoisotopic (exact) mass is 550 g/mol. The molecule has 1 atom stereocenters. The standard InChI is InChI=1S/C32H33F3N2O3/c1-19(2)16-29(22-8-10-23(11-9-22)30(38)6-5-7-31(39)40)37-28-15-14-26(21(4)27(28)18-36-37)25-13-12-24(17-20(25)3)32(33,34)35/h8-15,17-19,29H,5-7,16H2,1-4H3,(H,39,40). The predicted molar refractivity (Wildman–Crippen MR) is 149 cm³/mol. The predicted octanol–water partition coefficient (Wildman–Crippen LogP) is 8.41. The number of aliphatic carboxylic acids is 1. The van der Waals surface area contributed by atoms with E-state index in [9.17, 15) is 22.8 Å². The fourth-order valence-corrected chi connectivity index (χ4v) is 5.20. The molecule has 40 heavy (non-hydrogen) atoms. The lowest BCUT2D eigenvalue weighted by Gasteiger charge is -2.22. The van der Waals surface area contributed by atoms with Crippen LogP contribution in [0.2, 0.25) is 0 Å². The Bertz CT molecular complexity index is 1540. The molecule has 210 valence electrons. The third kappa shape index (κ3) is 6.27. The SMILES string of the molecule is Cc1cc(C(F)(F)F)ccc1-c1ccc2c(cnn2C(CC(C)C)c2ccc(C(=O)CCCC(=O)O)cc2)c1C. The van der Waals surface area contributed by atoms with Crippen LogP contribution in [-0.2, 0) is 11.0 Å². The number of hydrogen-bond donors (Lipinski definition) is 1. The van der Waals surface area contributed by atoms with Gasteiger partial charge >= 0.3 is 12.1 Å². The van der Waals surface area contributed by atoms with E-state index in [2.05, 4.69) is 13.8 Å². The number of fused-ring (bicyclic) bond motifs is 1. The summed E-state index contributed by atoms with van der Waals surface area (Å²) in [6.07, 6.45) is -1.32. The first kappa shape index (κ1) is 29.1. The highest BCUT2D eigenvalue weighted by Gasteiger charge is 2.31. The van der Waals surface area contributed by atoms with Gasteiger partial charge in [-0.15, -0.1) is 0 Å². The molecule has 0 aliphatic heterocycles. The van der Waals surface area contributed by atoms with Crippen LogP contribution in [0, 0.1) is 19.8 Å². The van der Waals surface area contributed by atoms with Crippen LogP contribution < -0.4 is 0 Å². The van der Waals surface area contributed by atoms with E-state index >= 15 is 0 Å². The fraction of sp³-hybridized carbons (Fsp3) is 0.344. The van der Waals surface area contributed by atoms with Crippen LogP contribution in [0.3, 0.4) is 0 Å². The van der Waals surface area contributed by atoms with Gasteiger partial charge in [0.25, 0.3) is 0 Å². The van der Waals surface area contributed by atoms with Crippen molar-refractivity contribution in [1.29, 1.82) is 0 Å². The Morgan fingerprint density at radius 3 is 2.23 bits per heavy atom. The second kappa shape index (κ2) is 11.7. The zero-order valence-electron chi connectivity index (χ0n) is 23.0. The van der Waals surface area contributed by atoms with Crippen LogP contribution in [0.15, 0.2) is 60.8 Å². The average molecular weight is 551 g/mol. The van der Waals surface area contributed by atoms with Crippen molar-refractivity contribution >= 4 is 22.7 Å². The van der Waals surface area contributed by atoms with E-state index in [0.29, 0.717) is 23.5 Å². The van der Waals surface area contributed by atoms with Gasteiger partial charge in [0.2, 0.25) is 0 Å². The molecule has 8 heteroatoms. The number of halogens is 3. The van der Waals surface area contributed by atoms with E-state index in [1.807, 2.05) is 35.9 Å². The summed E-state index contributed by atoms with van der Waals surface area (Å²) >= 11 is 0. The first-order chi connectivity index (χ1) is 18.9. The number of carbonyl (C=O) groups excluding carboxylic acids is 1. The van der Waals surface area contributed by atoms with E-state index < -0.39 is 17.7 Å². The summed E-state index contributed by atoms with van der Waals surface area (Å²) in [4.78, 5) is 23.2. The number of aromatic nitrogens is 2. The van der Waals surface area contributed by atoms with Gasteiger partial charge in [-0.2, -0.15) is 18.3 Å². The van der Waals surface area contributed by atoms with Crippen LogP contribution in [0.25, 0.3) is 22.0 Å². The van der Waals surface area contributed by atoms with Crippen molar-refractivity contribution < 1.29 is 27.9 Å². The minimum atomic E-state index is -4.39. The van der Waals surface area contributed by atoms with Crippen molar-refractivity contribution in [2.45, 2.75) is 65.6 Å². The second-order valence-corrected chi connectivity index (χ2v) is 10.7. The van der Waals surface area contributed by atoms with Crippen molar-refractivity contribution in [1.82, 2.24) is 9.78 Å². The maximum Gasteiger partial charge on any atom is 0.416 e. The first-order valence-electron chi connectivity index (χ1n) is 13.4. The lowest BCUT2D eigenvalue weighted by atomic mass is 9.93. The van der Waals surface area contributed by atoms with E-state index in [-0.39, 0.29) is 24.7 Å². The number of nitrogens with zero attached hydrogens (tertiary/aromatic N) is 2. The number of benzene rings is 3. The second-order valence-electron chi connectivity index (χ2n) is 10.7. The third-order valence-electron chi connectivity index (χ3n) is 7.30. The highest BCUT2D eigenvalue weighted by atomic mass is 19.4. The van der Waals surface area contributed by atoms with Crippen molar-refractivity contribution in [2.75, 3.05) is 0 Å². The van der Waals surface area contributed by atoms with Gasteiger partial charge in [-0.05, 0) is 78.6 Å². The number of Topliss-reactive ketones (excluding diaryl/α,β-unsaturated/α-hetero) is 1. The molecule has 3 aromatic carbocycles. The topological polar surface area (TPSA) is 72.2 Å². The van der Waals surface area contributed by atoms with Gasteiger partial charge in [-0.3, -0.25) is 14.3 Å². The molecule has 5 nitrogen and oxygen atoms in total. The Morgan fingerprint density at radius 1 is 0.950 bits per heavy atom. The Balaban J connectivity index is 1.67. The van der Waals surface area contributed by atoms with Gasteiger partial charge in [0.05, 0.1) is 23.3 Å². The van der Waals surface area contributed by atoms with Crippen LogP contribution >= 0.6 is 0 Å². The average Bonchev–Trinajstić information content (AvgIpc) is 3.32. The van der Waals surface area contributed by atoms with Crippen LogP contribution in [0.1, 0.15) is 78.2 Å². The number of aryl methyl sites for hydroxylation is 2. The molecule has 0 amide bonds. The Kier molecular flexibility index (Phi) is 8.47. The van der Waals surface area contributed by atoms with Crippen molar-refractivity contribution in [3.8, 4) is 11.1 Å². The number of alkyl halides is 3. The minimum Gasteiger partial charge on any atom is -0.481 e. The summed E-state index contributed by atoms with van der Waals surface area (Å²) in [5.41, 5.74) is 4.93. The van der Waals surface area contributed by atoms with Crippen molar-refractivity contribution in [3.63, 3.8) is 0 Å². The Morgan fingerprint density at radius 2 is 1.62 bits per heavy atom. The molecule has 0 fully saturated rings.